The molecule has 0 saturated carbocycles. The molecule has 0 aliphatic rings. The van der Waals surface area contributed by atoms with Crippen molar-refractivity contribution < 1.29 is 17.9 Å². The highest BCUT2D eigenvalue weighted by molar-refractivity contribution is 7.89. The maximum absolute atomic E-state index is 12.6. The Balaban J connectivity index is 2.16. The largest absolute Gasteiger partial charge is 0.492 e. The number of aryl methyl sites for hydroxylation is 3. The number of anilines is 1. The molecule has 0 spiro atoms. The Morgan fingerprint density at radius 2 is 1.75 bits per heavy atom. The number of rotatable bonds is 7. The minimum atomic E-state index is -3.93. The Morgan fingerprint density at radius 1 is 1.14 bits per heavy atom. The molecule has 0 radical (unpaired) electrons. The van der Waals surface area contributed by atoms with Crippen LogP contribution >= 0.6 is 11.6 Å². The summed E-state index contributed by atoms with van der Waals surface area (Å²) in [5.41, 5.74) is 3.61. The first-order chi connectivity index (χ1) is 13.0. The van der Waals surface area contributed by atoms with Gasteiger partial charge in [-0.1, -0.05) is 29.3 Å². The maximum atomic E-state index is 12.6. The molecule has 2 aromatic rings. The van der Waals surface area contributed by atoms with Crippen molar-refractivity contribution in [1.29, 1.82) is 0 Å². The molecule has 0 aliphatic heterocycles. The Morgan fingerprint density at radius 3 is 2.29 bits per heavy atom. The maximum Gasteiger partial charge on any atom is 0.242 e. The lowest BCUT2D eigenvalue weighted by molar-refractivity contribution is -0.117. The van der Waals surface area contributed by atoms with Gasteiger partial charge in [-0.25, -0.2) is 8.42 Å². The van der Waals surface area contributed by atoms with Gasteiger partial charge in [0.1, 0.15) is 5.75 Å². The summed E-state index contributed by atoms with van der Waals surface area (Å²) >= 11 is 6.07. The van der Waals surface area contributed by atoms with Gasteiger partial charge in [0, 0.05) is 5.69 Å². The van der Waals surface area contributed by atoms with Crippen LogP contribution in [0, 0.1) is 20.8 Å². The second-order valence-electron chi connectivity index (χ2n) is 6.63. The molecule has 0 bridgehead atoms. The molecule has 6 nitrogen and oxygen atoms in total. The van der Waals surface area contributed by atoms with Crippen LogP contribution in [-0.2, 0) is 14.8 Å². The normalized spacial score (nSPS) is 12.5. The molecule has 152 valence electrons. The van der Waals surface area contributed by atoms with Gasteiger partial charge in [-0.2, -0.15) is 4.72 Å². The van der Waals surface area contributed by atoms with Crippen LogP contribution in [0.5, 0.6) is 5.75 Å². The molecule has 28 heavy (non-hydrogen) atoms. The van der Waals surface area contributed by atoms with E-state index in [1.165, 1.54) is 25.1 Å². The van der Waals surface area contributed by atoms with Crippen LogP contribution in [0.2, 0.25) is 5.02 Å². The van der Waals surface area contributed by atoms with Gasteiger partial charge in [-0.3, -0.25) is 4.79 Å². The van der Waals surface area contributed by atoms with E-state index in [1.54, 1.807) is 6.92 Å². The van der Waals surface area contributed by atoms with E-state index in [9.17, 15) is 13.2 Å². The smallest absolute Gasteiger partial charge is 0.242 e. The fourth-order valence-corrected chi connectivity index (χ4v) is 4.41. The van der Waals surface area contributed by atoms with E-state index in [0.717, 1.165) is 16.7 Å². The zero-order chi connectivity index (χ0) is 21.1. The van der Waals surface area contributed by atoms with Crippen molar-refractivity contribution in [2.24, 2.45) is 0 Å². The molecule has 0 heterocycles. The Kier molecular flexibility index (Phi) is 7.09. The standard InChI is InChI=1S/C20H25ClN2O4S/c1-6-27-18-8-7-16(11-17(18)21)28(25,26)23-15(5)20(24)22-19-13(3)9-12(2)10-14(19)4/h7-11,15,23H,6H2,1-5H3,(H,22,24)/t15-/m1/s1. The average molecular weight is 425 g/mol. The highest BCUT2D eigenvalue weighted by Gasteiger charge is 2.23. The van der Waals surface area contributed by atoms with Crippen LogP contribution in [0.25, 0.3) is 0 Å². The van der Waals surface area contributed by atoms with Gasteiger partial charge < -0.3 is 10.1 Å². The zero-order valence-electron chi connectivity index (χ0n) is 16.6. The van der Waals surface area contributed by atoms with Crippen molar-refractivity contribution in [3.8, 4) is 5.75 Å². The number of ether oxygens (including phenoxy) is 1. The van der Waals surface area contributed by atoms with Crippen molar-refractivity contribution in [3.05, 3.63) is 52.0 Å². The van der Waals surface area contributed by atoms with Gasteiger partial charge in [0.2, 0.25) is 15.9 Å². The fourth-order valence-electron chi connectivity index (χ4n) is 2.88. The number of hydrogen-bond donors (Lipinski definition) is 2. The van der Waals surface area contributed by atoms with Gasteiger partial charge in [-0.05, 0) is 63.9 Å². The summed E-state index contributed by atoms with van der Waals surface area (Å²) in [6.45, 7) is 9.48. The number of nitrogens with one attached hydrogen (secondary N) is 2. The molecule has 2 aromatic carbocycles. The van der Waals surface area contributed by atoms with Gasteiger partial charge in [0.25, 0.3) is 0 Å². The molecule has 0 unspecified atom stereocenters. The van der Waals surface area contributed by atoms with Crippen molar-refractivity contribution >= 4 is 33.2 Å². The number of benzene rings is 2. The first kappa shape index (κ1) is 22.2. The summed E-state index contributed by atoms with van der Waals surface area (Å²) in [4.78, 5) is 12.5. The first-order valence-electron chi connectivity index (χ1n) is 8.88. The average Bonchev–Trinajstić information content (AvgIpc) is 2.59. The van der Waals surface area contributed by atoms with E-state index >= 15 is 0 Å². The second-order valence-corrected chi connectivity index (χ2v) is 8.75. The molecule has 0 aromatic heterocycles. The van der Waals surface area contributed by atoms with Crippen molar-refractivity contribution in [2.75, 3.05) is 11.9 Å². The number of amides is 1. The predicted octanol–water partition coefficient (Wildman–Crippen LogP) is 3.97. The highest BCUT2D eigenvalue weighted by atomic mass is 35.5. The SMILES string of the molecule is CCOc1ccc(S(=O)(=O)N[C@H](C)C(=O)Nc2c(C)cc(C)cc2C)cc1Cl. The van der Waals surface area contributed by atoms with Crippen molar-refractivity contribution in [1.82, 2.24) is 4.72 Å². The number of carbonyl (C=O) groups is 1. The Labute approximate surface area is 171 Å². The lowest BCUT2D eigenvalue weighted by Crippen LogP contribution is -2.41. The molecule has 2 rings (SSSR count). The van der Waals surface area contributed by atoms with E-state index in [0.29, 0.717) is 18.0 Å². The number of hydrogen-bond acceptors (Lipinski definition) is 4. The van der Waals surface area contributed by atoms with Crippen molar-refractivity contribution in [2.45, 2.75) is 45.6 Å². The van der Waals surface area contributed by atoms with Crippen LogP contribution < -0.4 is 14.8 Å². The lowest BCUT2D eigenvalue weighted by Gasteiger charge is -2.18. The van der Waals surface area contributed by atoms with E-state index in [1.807, 2.05) is 32.9 Å². The third-order valence-electron chi connectivity index (χ3n) is 4.16. The molecule has 2 N–H and O–H groups in total. The summed E-state index contributed by atoms with van der Waals surface area (Å²) in [5, 5.41) is 2.99. The molecular weight excluding hydrogens is 400 g/mol. The molecule has 8 heteroatoms. The van der Waals surface area contributed by atoms with E-state index < -0.39 is 22.0 Å². The molecule has 0 aliphatic carbocycles. The monoisotopic (exact) mass is 424 g/mol. The summed E-state index contributed by atoms with van der Waals surface area (Å²) < 4.78 is 32.9. The van der Waals surface area contributed by atoms with Gasteiger partial charge in [-0.15, -0.1) is 0 Å². The van der Waals surface area contributed by atoms with E-state index in [-0.39, 0.29) is 9.92 Å². The van der Waals surface area contributed by atoms with Gasteiger partial charge >= 0.3 is 0 Å². The second kappa shape index (κ2) is 8.94. The minimum Gasteiger partial charge on any atom is -0.492 e. The number of carbonyl (C=O) groups excluding carboxylic acids is 1. The van der Waals surface area contributed by atoms with Crippen LogP contribution in [0.1, 0.15) is 30.5 Å². The Bertz CT molecular complexity index is 967. The summed E-state index contributed by atoms with van der Waals surface area (Å²) in [7, 11) is -3.93. The van der Waals surface area contributed by atoms with Gasteiger partial charge in [0.05, 0.1) is 22.6 Å². The van der Waals surface area contributed by atoms with E-state index in [2.05, 4.69) is 10.0 Å². The topological polar surface area (TPSA) is 84.5 Å². The minimum absolute atomic E-state index is 0.0386. The highest BCUT2D eigenvalue weighted by Crippen LogP contribution is 2.27. The molecule has 0 saturated heterocycles. The zero-order valence-corrected chi connectivity index (χ0v) is 18.2. The number of sulfonamides is 1. The van der Waals surface area contributed by atoms with Crippen LogP contribution in [0.3, 0.4) is 0 Å². The van der Waals surface area contributed by atoms with Crippen LogP contribution in [0.4, 0.5) is 5.69 Å². The summed E-state index contributed by atoms with van der Waals surface area (Å²) in [6.07, 6.45) is 0. The first-order valence-corrected chi connectivity index (χ1v) is 10.7. The van der Waals surface area contributed by atoms with E-state index in [4.69, 9.17) is 16.3 Å². The Hall–Kier alpha value is -2.09. The van der Waals surface area contributed by atoms with Gasteiger partial charge in [0.15, 0.2) is 0 Å². The van der Waals surface area contributed by atoms with Crippen LogP contribution in [-0.4, -0.2) is 27.0 Å². The molecular formula is C20H25ClN2O4S. The quantitative estimate of drug-likeness (QED) is 0.704. The molecule has 1 atom stereocenters. The van der Waals surface area contributed by atoms with Crippen LogP contribution in [0.15, 0.2) is 35.2 Å². The lowest BCUT2D eigenvalue weighted by atomic mass is 10.0. The summed E-state index contributed by atoms with van der Waals surface area (Å²) in [6, 6.07) is 7.12. The fraction of sp³-hybridized carbons (Fsp3) is 0.350. The summed E-state index contributed by atoms with van der Waals surface area (Å²) in [5.74, 6) is -0.0464. The number of halogens is 1. The van der Waals surface area contributed by atoms with Crippen molar-refractivity contribution in [3.63, 3.8) is 0 Å². The third kappa shape index (κ3) is 5.25. The third-order valence-corrected chi connectivity index (χ3v) is 6.00. The predicted molar refractivity (Wildman–Crippen MR) is 112 cm³/mol. The molecule has 1 amide bonds. The molecule has 0 fully saturated rings.